The lowest BCUT2D eigenvalue weighted by Crippen LogP contribution is -2.27. The van der Waals surface area contributed by atoms with E-state index in [9.17, 15) is 30.4 Å². The third-order valence-electron chi connectivity index (χ3n) is 6.87. The van der Waals surface area contributed by atoms with Crippen LogP contribution in [0.15, 0.2) is 34.3 Å². The van der Waals surface area contributed by atoms with E-state index < -0.39 is 21.3 Å². The summed E-state index contributed by atoms with van der Waals surface area (Å²) in [4.78, 5) is 31.2. The maximum Gasteiger partial charge on any atom is 0.311 e. The second-order valence-corrected chi connectivity index (χ2v) is 11.9. The summed E-state index contributed by atoms with van der Waals surface area (Å²) in [5, 5.41) is 44.1. The first-order chi connectivity index (χ1) is 17.6. The molecule has 10 heteroatoms. The monoisotopic (exact) mass is 524 g/mol. The van der Waals surface area contributed by atoms with Crippen molar-refractivity contribution in [2.45, 2.75) is 90.1 Å². The number of aliphatic imine (C=N–C) groups is 2. The van der Waals surface area contributed by atoms with Gasteiger partial charge < -0.3 is 10.2 Å². The van der Waals surface area contributed by atoms with Crippen molar-refractivity contribution in [3.63, 3.8) is 0 Å². The topological polar surface area (TPSA) is 151 Å². The predicted molar refractivity (Wildman–Crippen MR) is 148 cm³/mol. The summed E-state index contributed by atoms with van der Waals surface area (Å²) in [7, 11) is 0. The average Bonchev–Trinajstić information content (AvgIpc) is 2.81. The fourth-order valence-corrected chi connectivity index (χ4v) is 4.41. The minimum absolute atomic E-state index is 0.250. The third kappa shape index (κ3) is 6.54. The zero-order valence-electron chi connectivity index (χ0n) is 22.8. The van der Waals surface area contributed by atoms with E-state index in [0.29, 0.717) is 11.1 Å². The minimum Gasteiger partial charge on any atom is -0.502 e. The van der Waals surface area contributed by atoms with Gasteiger partial charge in [-0.25, -0.2) is 0 Å². The molecule has 0 aliphatic heterocycles. The smallest absolute Gasteiger partial charge is 0.311 e. The van der Waals surface area contributed by atoms with Gasteiger partial charge in [-0.1, -0.05) is 54.4 Å². The number of nitrogens with zero attached hydrogens (tertiary/aromatic N) is 4. The Balaban J connectivity index is 1.97. The number of phenolic OH excluding ortho intramolecular Hbond substituents is 2. The Morgan fingerprint density at radius 1 is 0.737 bits per heavy atom. The van der Waals surface area contributed by atoms with Crippen LogP contribution >= 0.6 is 0 Å². The average molecular weight is 525 g/mol. The van der Waals surface area contributed by atoms with Crippen molar-refractivity contribution >= 4 is 23.8 Å². The Bertz CT molecular complexity index is 1190. The van der Waals surface area contributed by atoms with Gasteiger partial charge in [-0.3, -0.25) is 30.2 Å². The summed E-state index contributed by atoms with van der Waals surface area (Å²) in [6.07, 6.45) is 6.26. The Hall–Kier alpha value is -3.82. The first kappa shape index (κ1) is 28.7. The quantitative estimate of drug-likeness (QED) is 0.255. The van der Waals surface area contributed by atoms with Crippen LogP contribution in [0.4, 0.5) is 11.4 Å². The number of rotatable bonds is 6. The molecule has 2 N–H and O–H groups in total. The van der Waals surface area contributed by atoms with Crippen LogP contribution in [0.2, 0.25) is 0 Å². The van der Waals surface area contributed by atoms with Crippen molar-refractivity contribution in [3.05, 3.63) is 66.7 Å². The van der Waals surface area contributed by atoms with Crippen molar-refractivity contribution in [3.8, 4) is 11.5 Å². The standard InChI is InChI=1S/C28H36N4O6/c1-27(2,3)19-11-17(25(33)23(13-19)31(35)36)15-29-21-9-7-8-10-22(21)30-16-18-12-20(28(4,5)6)14-24(26(18)34)32(37)38/h11-16,21-22,33-34H,7-10H2,1-6H3/t21-,22+. The minimum atomic E-state index is -0.604. The second-order valence-electron chi connectivity index (χ2n) is 11.9. The van der Waals surface area contributed by atoms with Crippen molar-refractivity contribution in [2.75, 3.05) is 0 Å². The number of benzene rings is 2. The first-order valence-corrected chi connectivity index (χ1v) is 12.7. The van der Waals surface area contributed by atoms with E-state index in [-0.39, 0.29) is 45.4 Å². The molecule has 2 atom stereocenters. The van der Waals surface area contributed by atoms with Crippen molar-refractivity contribution < 1.29 is 20.1 Å². The highest BCUT2D eigenvalue weighted by Gasteiger charge is 2.27. The van der Waals surface area contributed by atoms with E-state index in [2.05, 4.69) is 9.98 Å². The lowest BCUT2D eigenvalue weighted by Gasteiger charge is -2.26. The van der Waals surface area contributed by atoms with Crippen LogP contribution in [-0.2, 0) is 10.8 Å². The first-order valence-electron chi connectivity index (χ1n) is 12.7. The molecule has 0 heterocycles. The fraction of sp³-hybridized carbons (Fsp3) is 0.500. The molecule has 38 heavy (non-hydrogen) atoms. The van der Waals surface area contributed by atoms with Crippen LogP contribution in [-0.4, -0.2) is 44.6 Å². The van der Waals surface area contributed by atoms with Gasteiger partial charge in [-0.2, -0.15) is 0 Å². The molecule has 1 fully saturated rings. The van der Waals surface area contributed by atoms with Crippen molar-refractivity contribution in [2.24, 2.45) is 9.98 Å². The van der Waals surface area contributed by atoms with E-state index in [1.54, 1.807) is 12.1 Å². The summed E-state index contributed by atoms with van der Waals surface area (Å²) < 4.78 is 0. The predicted octanol–water partition coefficient (Wildman–Crippen LogP) is 6.36. The highest BCUT2D eigenvalue weighted by Crippen LogP contribution is 2.37. The van der Waals surface area contributed by atoms with E-state index >= 15 is 0 Å². The molecule has 10 nitrogen and oxygen atoms in total. The van der Waals surface area contributed by atoms with E-state index in [1.165, 1.54) is 24.6 Å². The van der Waals surface area contributed by atoms with Crippen LogP contribution in [0.5, 0.6) is 11.5 Å². The van der Waals surface area contributed by atoms with Gasteiger partial charge in [-0.15, -0.1) is 0 Å². The molecular formula is C28H36N4O6. The van der Waals surface area contributed by atoms with Gasteiger partial charge in [0.25, 0.3) is 0 Å². The number of phenols is 2. The van der Waals surface area contributed by atoms with Gasteiger partial charge in [0.15, 0.2) is 0 Å². The molecule has 0 unspecified atom stereocenters. The highest BCUT2D eigenvalue weighted by molar-refractivity contribution is 5.87. The lowest BCUT2D eigenvalue weighted by molar-refractivity contribution is -0.386. The largest absolute Gasteiger partial charge is 0.502 e. The van der Waals surface area contributed by atoms with Gasteiger partial charge in [0.05, 0.1) is 21.9 Å². The molecule has 0 bridgehead atoms. The molecule has 1 saturated carbocycles. The molecule has 2 aromatic carbocycles. The molecule has 0 amide bonds. The zero-order chi connectivity index (χ0) is 28.4. The van der Waals surface area contributed by atoms with Gasteiger partial charge in [0, 0.05) is 35.7 Å². The Morgan fingerprint density at radius 2 is 1.08 bits per heavy atom. The molecule has 1 aliphatic rings. The molecule has 1 aliphatic carbocycles. The van der Waals surface area contributed by atoms with Crippen LogP contribution in [0.1, 0.15) is 89.5 Å². The summed E-state index contributed by atoms with van der Waals surface area (Å²) in [5.41, 5.74) is 0.471. The highest BCUT2D eigenvalue weighted by atomic mass is 16.6. The van der Waals surface area contributed by atoms with Gasteiger partial charge in [0.1, 0.15) is 0 Å². The molecule has 0 saturated heterocycles. The maximum absolute atomic E-state index is 11.5. The van der Waals surface area contributed by atoms with E-state index in [1.807, 2.05) is 41.5 Å². The van der Waals surface area contributed by atoms with Gasteiger partial charge in [0.2, 0.25) is 11.5 Å². The van der Waals surface area contributed by atoms with Crippen LogP contribution in [0.3, 0.4) is 0 Å². The molecule has 0 aromatic heterocycles. The number of hydrogen-bond donors (Lipinski definition) is 2. The van der Waals surface area contributed by atoms with Gasteiger partial charge in [-0.05, 0) is 46.9 Å². The summed E-state index contributed by atoms with van der Waals surface area (Å²) in [6, 6.07) is 5.69. The van der Waals surface area contributed by atoms with Crippen LogP contribution in [0, 0.1) is 20.2 Å². The van der Waals surface area contributed by atoms with Crippen molar-refractivity contribution in [1.29, 1.82) is 0 Å². The summed E-state index contributed by atoms with van der Waals surface area (Å²) in [6.45, 7) is 11.6. The van der Waals surface area contributed by atoms with Crippen LogP contribution in [0.25, 0.3) is 0 Å². The number of hydrogen-bond acceptors (Lipinski definition) is 8. The fourth-order valence-electron chi connectivity index (χ4n) is 4.41. The van der Waals surface area contributed by atoms with E-state index in [0.717, 1.165) is 25.7 Å². The molecule has 0 radical (unpaired) electrons. The Labute approximate surface area is 222 Å². The Kier molecular flexibility index (Phi) is 8.24. The normalized spacial score (nSPS) is 18.8. The SMILES string of the molecule is CC(C)(C)c1cc(C=N[C@H]2CCCC[C@H]2N=Cc2cc(C(C)(C)C)cc([N+](=O)[O-])c2O)c(O)c([N+](=O)[O-])c1. The zero-order valence-corrected chi connectivity index (χ0v) is 22.8. The van der Waals surface area contributed by atoms with Crippen molar-refractivity contribution in [1.82, 2.24) is 0 Å². The molecular weight excluding hydrogens is 488 g/mol. The van der Waals surface area contributed by atoms with Gasteiger partial charge >= 0.3 is 11.4 Å². The van der Waals surface area contributed by atoms with E-state index in [4.69, 9.17) is 0 Å². The molecule has 2 aromatic rings. The summed E-state index contributed by atoms with van der Waals surface area (Å²) in [5.74, 6) is -0.863. The molecule has 0 spiro atoms. The number of aromatic hydroxyl groups is 2. The Morgan fingerprint density at radius 3 is 1.37 bits per heavy atom. The number of nitro benzene ring substituents is 2. The molecule has 3 rings (SSSR count). The summed E-state index contributed by atoms with van der Waals surface area (Å²) >= 11 is 0. The second kappa shape index (κ2) is 10.9. The third-order valence-corrected chi connectivity index (χ3v) is 6.87. The molecule has 204 valence electrons. The maximum atomic E-state index is 11.5. The lowest BCUT2D eigenvalue weighted by atomic mass is 9.85. The van der Waals surface area contributed by atoms with Crippen LogP contribution < -0.4 is 0 Å². The number of nitro groups is 2.